The van der Waals surface area contributed by atoms with E-state index >= 15 is 0 Å². The van der Waals surface area contributed by atoms with Gasteiger partial charge in [-0.2, -0.15) is 0 Å². The van der Waals surface area contributed by atoms with Gasteiger partial charge in [0.05, 0.1) is 0 Å². The van der Waals surface area contributed by atoms with E-state index in [-0.39, 0.29) is 12.4 Å². The van der Waals surface area contributed by atoms with Crippen molar-refractivity contribution in [3.8, 4) is 0 Å². The summed E-state index contributed by atoms with van der Waals surface area (Å²) in [7, 11) is -0.892. The summed E-state index contributed by atoms with van der Waals surface area (Å²) in [6.07, 6.45) is 0. The molecule has 7 aromatic carbocycles. The van der Waals surface area contributed by atoms with Crippen LogP contribution in [0, 0.1) is 0 Å². The molecule has 0 atom stereocenters. The van der Waals surface area contributed by atoms with Crippen LogP contribution in [0.1, 0.15) is 0 Å². The molecule has 0 nitrogen and oxygen atoms in total. The molecule has 0 N–H and O–H groups in total. The predicted molar refractivity (Wildman–Crippen MR) is 196 cm³/mol. The summed E-state index contributed by atoms with van der Waals surface area (Å²) < 4.78 is 0.947. The van der Waals surface area contributed by atoms with Gasteiger partial charge in [0.1, 0.15) is 0 Å². The third-order valence-corrected chi connectivity index (χ3v) is 12.0. The number of hydrogen-bond donors (Lipinski definition) is 0. The summed E-state index contributed by atoms with van der Waals surface area (Å²) >= 11 is 4.54. The number of halogens is 1. The van der Waals surface area contributed by atoms with Gasteiger partial charge in [-0.25, -0.2) is 0 Å². The molecule has 46 heavy (non-hydrogen) atoms. The number of hydrogen-bond acceptors (Lipinski definition) is 0. The molecule has 7 rings (SSSR count). The van der Waals surface area contributed by atoms with E-state index in [2.05, 4.69) is 197 Å². The molecule has 230 valence electrons. The van der Waals surface area contributed by atoms with Crippen molar-refractivity contribution in [2.75, 3.05) is 0 Å². The van der Waals surface area contributed by atoms with Gasteiger partial charge in [0.2, 0.25) is 0 Å². The molecule has 0 bridgehead atoms. The minimum atomic E-state index is -0.446. The SMILES string of the molecule is [Cl-].[Ni+][c]1ccccc1.c1ccc(P(c2ccccc2)c2ccccc2)cc1.c1ccc(P(c2ccccc2)c2ccccc2)cc1. The van der Waals surface area contributed by atoms with E-state index in [1.54, 1.807) is 0 Å². The molecule has 4 heteroatoms. The van der Waals surface area contributed by atoms with Crippen molar-refractivity contribution in [1.82, 2.24) is 0 Å². The van der Waals surface area contributed by atoms with Crippen LogP contribution in [-0.2, 0) is 15.5 Å². The van der Waals surface area contributed by atoms with Gasteiger partial charge in [0.25, 0.3) is 0 Å². The van der Waals surface area contributed by atoms with Crippen molar-refractivity contribution in [3.63, 3.8) is 0 Å². The summed E-state index contributed by atoms with van der Waals surface area (Å²) in [5, 5.41) is 8.39. The monoisotopic (exact) mass is 694 g/mol. The molecule has 0 aromatic heterocycles. The average molecular weight is 696 g/mol. The Morgan fingerprint density at radius 1 is 0.239 bits per heavy atom. The largest absolute Gasteiger partial charge is 0.0622 e. The van der Waals surface area contributed by atoms with Crippen molar-refractivity contribution >= 4 is 52.2 Å². The molecule has 0 aliphatic rings. The van der Waals surface area contributed by atoms with Gasteiger partial charge in [-0.15, -0.1) is 0 Å². The molecule has 0 aliphatic carbocycles. The summed E-state index contributed by atoms with van der Waals surface area (Å²) in [6, 6.07) is 74.3. The maximum atomic E-state index is 4.54. The van der Waals surface area contributed by atoms with E-state index in [1.165, 1.54) is 31.8 Å². The van der Waals surface area contributed by atoms with Gasteiger partial charge in [-0.05, 0) is 47.7 Å². The topological polar surface area (TPSA) is 0 Å². The Morgan fingerprint density at radius 3 is 0.522 bits per heavy atom. The predicted octanol–water partition coefficient (Wildman–Crippen LogP) is 4.75. The van der Waals surface area contributed by atoms with Gasteiger partial charge in [-0.3, -0.25) is 0 Å². The van der Waals surface area contributed by atoms with Gasteiger partial charge in [-0.1, -0.05) is 182 Å². The Balaban J connectivity index is 0.000000170. The molecule has 0 radical (unpaired) electrons. The molecule has 0 unspecified atom stereocenters. The smallest absolute Gasteiger partial charge is 0.0134 e. The number of rotatable bonds is 6. The molecule has 0 heterocycles. The summed E-state index contributed by atoms with van der Waals surface area (Å²) in [4.78, 5) is 0. The van der Waals surface area contributed by atoms with E-state index in [1.807, 2.05) is 30.3 Å². The van der Waals surface area contributed by atoms with Crippen LogP contribution >= 0.6 is 15.8 Å². The second-order valence-corrected chi connectivity index (χ2v) is 15.0. The van der Waals surface area contributed by atoms with Crippen LogP contribution in [0.4, 0.5) is 0 Å². The van der Waals surface area contributed by atoms with E-state index in [9.17, 15) is 0 Å². The first-order chi connectivity index (χ1) is 22.3. The third-order valence-electron chi connectivity index (χ3n) is 6.80. The van der Waals surface area contributed by atoms with Crippen molar-refractivity contribution in [2.45, 2.75) is 0 Å². The zero-order valence-corrected chi connectivity index (χ0v) is 28.8. The zero-order valence-electron chi connectivity index (χ0n) is 25.3. The van der Waals surface area contributed by atoms with Gasteiger partial charge < -0.3 is 12.4 Å². The van der Waals surface area contributed by atoms with Crippen molar-refractivity contribution < 1.29 is 27.9 Å². The molecule has 0 saturated heterocycles. The summed E-state index contributed by atoms with van der Waals surface area (Å²) in [5.41, 5.74) is 0. The van der Waals surface area contributed by atoms with Gasteiger partial charge in [0.15, 0.2) is 0 Å². The van der Waals surface area contributed by atoms with E-state index in [0.717, 1.165) is 4.53 Å². The standard InChI is InChI=1S/2C18H15P.C6H5.ClH.Ni/c2*1-4-10-16(11-5-1)19(17-12-6-2-7-13-17)18-14-8-3-9-15-18;1-2-4-6-5-3-1;;/h2*1-15H;1-5H;1H;/q;;;;+1/p-1. The third kappa shape index (κ3) is 10.6. The maximum Gasteiger partial charge on any atom is -0.0134 e. The minimum absolute atomic E-state index is 0. The Hall–Kier alpha value is -3.82. The molecule has 0 amide bonds. The van der Waals surface area contributed by atoms with Crippen LogP contribution in [0.3, 0.4) is 0 Å². The fourth-order valence-electron chi connectivity index (χ4n) is 4.76. The molecular formula is C42H35ClNiP2. The Labute approximate surface area is 290 Å². The first kappa shape index (κ1) is 35.0. The Kier molecular flexibility index (Phi) is 15.0. The molecule has 0 saturated carbocycles. The van der Waals surface area contributed by atoms with Crippen LogP contribution in [0.5, 0.6) is 0 Å². The summed E-state index contributed by atoms with van der Waals surface area (Å²) in [6.45, 7) is 0. The fourth-order valence-corrected chi connectivity index (χ4v) is 9.56. The second kappa shape index (κ2) is 19.6. The Morgan fingerprint density at radius 2 is 0.391 bits per heavy atom. The van der Waals surface area contributed by atoms with Crippen molar-refractivity contribution in [1.29, 1.82) is 0 Å². The van der Waals surface area contributed by atoms with E-state index in [4.69, 9.17) is 0 Å². The molecule has 7 aromatic rings. The van der Waals surface area contributed by atoms with Gasteiger partial charge >= 0.3 is 50.3 Å². The normalized spacial score (nSPS) is 10.1. The zero-order chi connectivity index (χ0) is 30.9. The Bertz CT molecular complexity index is 1470. The first-order valence-corrected chi connectivity index (χ1v) is 18.1. The van der Waals surface area contributed by atoms with E-state index < -0.39 is 15.8 Å². The van der Waals surface area contributed by atoms with Crippen LogP contribution in [0.2, 0.25) is 0 Å². The maximum absolute atomic E-state index is 4.54. The van der Waals surface area contributed by atoms with Gasteiger partial charge in [0, 0.05) is 0 Å². The molecule has 0 spiro atoms. The molecular weight excluding hydrogens is 661 g/mol. The number of benzene rings is 7. The van der Waals surface area contributed by atoms with E-state index in [0.29, 0.717) is 0 Å². The van der Waals surface area contributed by atoms with Crippen LogP contribution in [-0.4, -0.2) is 0 Å². The van der Waals surface area contributed by atoms with Crippen molar-refractivity contribution in [2.24, 2.45) is 0 Å². The molecule has 0 fully saturated rings. The average Bonchev–Trinajstić information content (AvgIpc) is 3.12. The first-order valence-electron chi connectivity index (χ1n) is 14.9. The molecule has 0 aliphatic heterocycles. The minimum Gasteiger partial charge on any atom is -0.0622 e. The second-order valence-electron chi connectivity index (χ2n) is 9.94. The van der Waals surface area contributed by atoms with Crippen LogP contribution < -0.4 is 48.8 Å². The fraction of sp³-hybridized carbons (Fsp3) is 0. The quantitative estimate of drug-likeness (QED) is 0.174. The van der Waals surface area contributed by atoms with Crippen LogP contribution in [0.25, 0.3) is 0 Å². The summed E-state index contributed by atoms with van der Waals surface area (Å²) in [5.74, 6) is 0. The van der Waals surface area contributed by atoms with Crippen LogP contribution in [0.15, 0.2) is 212 Å². The van der Waals surface area contributed by atoms with Crippen molar-refractivity contribution in [3.05, 3.63) is 212 Å².